The summed E-state index contributed by atoms with van der Waals surface area (Å²) in [5.74, 6) is -2.97. The number of ether oxygens (including phenoxy) is 1. The van der Waals surface area contributed by atoms with Gasteiger partial charge in [0.05, 0.1) is 5.75 Å². The summed E-state index contributed by atoms with van der Waals surface area (Å²) in [7, 11) is 1.26. The van der Waals surface area contributed by atoms with Crippen LogP contribution < -0.4 is 16.8 Å². The number of anilines is 1. The van der Waals surface area contributed by atoms with E-state index in [1.807, 2.05) is 0 Å². The van der Waals surface area contributed by atoms with Gasteiger partial charge in [0, 0.05) is 10.9 Å². The number of benzene rings is 1. The molecule has 1 aromatic carbocycles. The summed E-state index contributed by atoms with van der Waals surface area (Å²) in [5, 5.41) is 17.1. The molecule has 0 bridgehead atoms. The van der Waals surface area contributed by atoms with E-state index in [1.165, 1.54) is 36.4 Å². The number of oxime groups is 1. The van der Waals surface area contributed by atoms with Crippen LogP contribution in [-0.2, 0) is 30.6 Å². The van der Waals surface area contributed by atoms with Crippen LogP contribution >= 0.6 is 23.1 Å². The number of aliphatic carboxylic acids is 1. The maximum absolute atomic E-state index is 12.9. The van der Waals surface area contributed by atoms with Crippen molar-refractivity contribution in [3.05, 3.63) is 57.9 Å². The average molecular weight is 533 g/mol. The Kier molecular flexibility index (Phi) is 7.12. The van der Waals surface area contributed by atoms with E-state index < -0.39 is 35.1 Å². The first-order valence-corrected chi connectivity index (χ1v) is 12.2. The number of thiazole rings is 1. The summed E-state index contributed by atoms with van der Waals surface area (Å²) < 4.78 is 5.72. The van der Waals surface area contributed by atoms with E-state index in [-0.39, 0.29) is 40.4 Å². The minimum atomic E-state index is -1.34. The van der Waals surface area contributed by atoms with Crippen LogP contribution in [0.4, 0.5) is 5.13 Å². The summed E-state index contributed by atoms with van der Waals surface area (Å²) in [6, 6.07) is 5.35. The van der Waals surface area contributed by atoms with Crippen LogP contribution in [0.3, 0.4) is 0 Å². The zero-order chi connectivity index (χ0) is 26.0. The maximum Gasteiger partial charge on any atom is 0.356 e. The Labute approximate surface area is 212 Å². The van der Waals surface area contributed by atoms with Crippen molar-refractivity contribution in [2.24, 2.45) is 10.9 Å². The normalized spacial score (nSPS) is 19.3. The van der Waals surface area contributed by atoms with Crippen LogP contribution in [0.1, 0.15) is 21.6 Å². The van der Waals surface area contributed by atoms with Crippen molar-refractivity contribution in [1.29, 1.82) is 0 Å². The summed E-state index contributed by atoms with van der Waals surface area (Å²) in [6.45, 7) is 0.0200. The van der Waals surface area contributed by atoms with Gasteiger partial charge < -0.3 is 31.5 Å². The molecule has 1 aromatic heterocycles. The first kappa shape index (κ1) is 25.0. The second-order valence-electron chi connectivity index (χ2n) is 7.48. The molecule has 4 rings (SSSR count). The molecular weight excluding hydrogens is 512 g/mol. The zero-order valence-corrected chi connectivity index (χ0v) is 20.3. The van der Waals surface area contributed by atoms with Gasteiger partial charge in [-0.3, -0.25) is 19.3 Å². The molecular formula is C21H20N6O7S2. The number of carboxylic acid groups (broad SMARTS) is 1. The van der Waals surface area contributed by atoms with Crippen LogP contribution in [0, 0.1) is 0 Å². The van der Waals surface area contributed by atoms with E-state index in [0.717, 1.165) is 16.2 Å². The van der Waals surface area contributed by atoms with Crippen molar-refractivity contribution >= 4 is 57.6 Å². The van der Waals surface area contributed by atoms with Crippen molar-refractivity contribution in [2.75, 3.05) is 18.6 Å². The van der Waals surface area contributed by atoms with Gasteiger partial charge in [0.25, 0.3) is 11.8 Å². The third-order valence-electron chi connectivity index (χ3n) is 5.24. The van der Waals surface area contributed by atoms with Crippen LogP contribution in [0.2, 0.25) is 0 Å². The predicted octanol–water partition coefficient (Wildman–Crippen LogP) is 0.0876. The molecule has 2 atom stereocenters. The quantitative estimate of drug-likeness (QED) is 0.195. The Morgan fingerprint density at radius 1 is 1.31 bits per heavy atom. The molecule has 2 aromatic rings. The Hall–Kier alpha value is -4.11. The van der Waals surface area contributed by atoms with E-state index in [2.05, 4.69) is 15.5 Å². The maximum atomic E-state index is 12.9. The van der Waals surface area contributed by atoms with E-state index in [9.17, 15) is 24.3 Å². The molecule has 36 heavy (non-hydrogen) atoms. The largest absolute Gasteiger partial charge is 0.490 e. The van der Waals surface area contributed by atoms with Crippen molar-refractivity contribution in [2.45, 2.75) is 18.0 Å². The standard InChI is InChI=1S/C21H20N6O7S2/c1-33-26-13(11-7-36-21(23)24-11)17(29)25-14-18(30)27-15(20(31)32)12(8-35-19(14)27)34-6-9-2-4-10(5-3-9)16(22)28/h2-5,7,14,19H,6,8H2,1H3,(H2,22,28)(H2,23,24)(H,25,29)(H,31,32)/b26-13-/t14-,19+/m1/s1. The van der Waals surface area contributed by atoms with Crippen molar-refractivity contribution in [3.63, 3.8) is 0 Å². The Bertz CT molecular complexity index is 1290. The van der Waals surface area contributed by atoms with E-state index >= 15 is 0 Å². The first-order valence-electron chi connectivity index (χ1n) is 10.3. The van der Waals surface area contributed by atoms with E-state index in [4.69, 9.17) is 21.0 Å². The molecule has 188 valence electrons. The number of hydrogen-bond donors (Lipinski definition) is 4. The van der Waals surface area contributed by atoms with Gasteiger partial charge in [0.1, 0.15) is 36.6 Å². The number of β-lactam (4-membered cyclic amide) rings is 1. The summed E-state index contributed by atoms with van der Waals surface area (Å²) >= 11 is 2.35. The van der Waals surface area contributed by atoms with Gasteiger partial charge in [-0.05, 0) is 17.7 Å². The Morgan fingerprint density at radius 2 is 2.03 bits per heavy atom. The Balaban J connectivity index is 1.47. The van der Waals surface area contributed by atoms with Crippen LogP contribution in [0.15, 0.2) is 46.3 Å². The third-order valence-corrected chi connectivity index (χ3v) is 7.16. The molecule has 0 saturated carbocycles. The fraction of sp³-hybridized carbons (Fsp3) is 0.238. The monoisotopic (exact) mass is 532 g/mol. The van der Waals surface area contributed by atoms with Gasteiger partial charge in [0.15, 0.2) is 16.5 Å². The summed E-state index contributed by atoms with van der Waals surface area (Å²) in [4.78, 5) is 58.7. The summed E-state index contributed by atoms with van der Waals surface area (Å²) in [5.41, 5.74) is 11.6. The van der Waals surface area contributed by atoms with Gasteiger partial charge in [0.2, 0.25) is 5.91 Å². The number of carboxylic acids is 1. The number of fused-ring (bicyclic) bond motifs is 1. The van der Waals surface area contributed by atoms with Crippen molar-refractivity contribution in [1.82, 2.24) is 15.2 Å². The second kappa shape index (κ2) is 10.2. The van der Waals surface area contributed by atoms with Gasteiger partial charge in [-0.15, -0.1) is 23.1 Å². The number of thioether (sulfide) groups is 1. The molecule has 0 aliphatic carbocycles. The third kappa shape index (κ3) is 4.83. The lowest BCUT2D eigenvalue weighted by Gasteiger charge is -2.48. The highest BCUT2D eigenvalue weighted by Gasteiger charge is 2.55. The van der Waals surface area contributed by atoms with Gasteiger partial charge in [-0.25, -0.2) is 9.78 Å². The van der Waals surface area contributed by atoms with E-state index in [1.54, 1.807) is 12.1 Å². The van der Waals surface area contributed by atoms with Crippen molar-refractivity contribution in [3.8, 4) is 0 Å². The SMILES string of the molecule is CO/N=C(\C(=O)N[C@@H]1C(=O)N2C(C(=O)O)=C(OCc3ccc(C(N)=O)cc3)CS[C@@H]12)c1csc(N)n1. The molecule has 2 aliphatic rings. The highest BCUT2D eigenvalue weighted by atomic mass is 32.2. The first-order chi connectivity index (χ1) is 17.2. The van der Waals surface area contributed by atoms with E-state index in [0.29, 0.717) is 11.1 Å². The number of nitrogens with two attached hydrogens (primary N) is 2. The number of hydrogen-bond acceptors (Lipinski definition) is 11. The molecule has 1 saturated heterocycles. The van der Waals surface area contributed by atoms with Gasteiger partial charge in [-0.1, -0.05) is 17.3 Å². The number of aromatic nitrogens is 1. The van der Waals surface area contributed by atoms with Crippen LogP contribution in [0.25, 0.3) is 0 Å². The average Bonchev–Trinajstić information content (AvgIpc) is 3.29. The molecule has 13 nitrogen and oxygen atoms in total. The molecule has 3 heterocycles. The number of nitrogens with one attached hydrogen (secondary N) is 1. The molecule has 1 fully saturated rings. The minimum Gasteiger partial charge on any atom is -0.490 e. The molecule has 0 unspecified atom stereocenters. The number of amides is 3. The molecule has 0 radical (unpaired) electrons. The minimum absolute atomic E-state index is 0.0200. The second-order valence-corrected chi connectivity index (χ2v) is 9.48. The smallest absolute Gasteiger partial charge is 0.356 e. The van der Waals surface area contributed by atoms with Crippen molar-refractivity contribution < 1.29 is 33.9 Å². The topological polar surface area (TPSA) is 200 Å². The number of rotatable bonds is 9. The molecule has 2 aliphatic heterocycles. The fourth-order valence-electron chi connectivity index (χ4n) is 3.54. The fourth-order valence-corrected chi connectivity index (χ4v) is 5.36. The lowest BCUT2D eigenvalue weighted by Crippen LogP contribution is -2.71. The van der Waals surface area contributed by atoms with Gasteiger partial charge in [-0.2, -0.15) is 0 Å². The lowest BCUT2D eigenvalue weighted by molar-refractivity contribution is -0.150. The summed E-state index contributed by atoms with van der Waals surface area (Å²) in [6.07, 6.45) is 0. The van der Waals surface area contributed by atoms with Crippen LogP contribution in [-0.4, -0.2) is 68.7 Å². The lowest BCUT2D eigenvalue weighted by atomic mass is 10.0. The highest BCUT2D eigenvalue weighted by molar-refractivity contribution is 8.00. The highest BCUT2D eigenvalue weighted by Crippen LogP contribution is 2.40. The Morgan fingerprint density at radius 3 is 2.61 bits per heavy atom. The number of nitrogen functional groups attached to an aromatic ring is 1. The number of carbonyl (C=O) groups is 4. The zero-order valence-electron chi connectivity index (χ0n) is 18.7. The molecule has 3 amide bonds. The molecule has 15 heteroatoms. The molecule has 6 N–H and O–H groups in total. The number of primary amides is 1. The number of carbonyl (C=O) groups excluding carboxylic acids is 3. The predicted molar refractivity (Wildman–Crippen MR) is 130 cm³/mol. The van der Waals surface area contributed by atoms with Gasteiger partial charge >= 0.3 is 5.97 Å². The number of nitrogens with zero attached hydrogens (tertiary/aromatic N) is 3. The van der Waals surface area contributed by atoms with Crippen LogP contribution in [0.5, 0.6) is 0 Å². The molecule has 0 spiro atoms.